The normalized spacial score (nSPS) is 23.0. The molecule has 132 valence electrons. The fourth-order valence-electron chi connectivity index (χ4n) is 4.05. The first-order valence-electron chi connectivity index (χ1n) is 9.00. The van der Waals surface area contributed by atoms with E-state index >= 15 is 0 Å². The summed E-state index contributed by atoms with van der Waals surface area (Å²) in [6.45, 7) is 0.658. The van der Waals surface area contributed by atoms with Crippen LogP contribution in [0.5, 0.6) is 5.75 Å². The number of rotatable bonds is 6. The number of fused-ring (bicyclic) bond motifs is 3. The van der Waals surface area contributed by atoms with Gasteiger partial charge in [-0.1, -0.05) is 24.3 Å². The van der Waals surface area contributed by atoms with Gasteiger partial charge in [-0.15, -0.1) is 0 Å². The molecule has 2 aliphatic rings. The van der Waals surface area contributed by atoms with Crippen molar-refractivity contribution in [1.29, 1.82) is 0 Å². The van der Waals surface area contributed by atoms with Gasteiger partial charge in [-0.25, -0.2) is 0 Å². The van der Waals surface area contributed by atoms with Crippen molar-refractivity contribution >= 4 is 28.4 Å². The van der Waals surface area contributed by atoms with Crippen LogP contribution in [-0.4, -0.2) is 43.5 Å². The lowest BCUT2D eigenvalue weighted by atomic mass is 9.93. The summed E-state index contributed by atoms with van der Waals surface area (Å²) >= 11 is 1.42. The van der Waals surface area contributed by atoms with Gasteiger partial charge in [0.2, 0.25) is 0 Å². The maximum atomic E-state index is 5.79. The molecule has 1 fully saturated rings. The first kappa shape index (κ1) is 17.0. The largest absolute Gasteiger partial charge is 0.493 e. The average molecular weight is 356 g/mol. The van der Waals surface area contributed by atoms with Crippen LogP contribution in [0.1, 0.15) is 24.8 Å². The van der Waals surface area contributed by atoms with Crippen molar-refractivity contribution in [2.75, 3.05) is 26.5 Å². The fraction of sp³-hybridized carbons (Fsp3) is 0.429. The Hall–Kier alpha value is -1.49. The lowest BCUT2D eigenvalue weighted by molar-refractivity contribution is 0.264. The van der Waals surface area contributed by atoms with E-state index in [2.05, 4.69) is 54.4 Å². The quantitative estimate of drug-likeness (QED) is 0.550. The molecule has 3 nitrogen and oxygen atoms in total. The Balaban J connectivity index is 1.52. The second-order valence-corrected chi connectivity index (χ2v) is 7.90. The summed E-state index contributed by atoms with van der Waals surface area (Å²) in [4.78, 5) is 2.54. The molecule has 0 aliphatic carbocycles. The minimum Gasteiger partial charge on any atom is -0.493 e. The molecule has 0 amide bonds. The third kappa shape index (κ3) is 3.57. The van der Waals surface area contributed by atoms with Crippen LogP contribution in [-0.2, 0) is 4.18 Å². The molecule has 0 N–H and O–H groups in total. The molecule has 0 saturated carbocycles. The van der Waals surface area contributed by atoms with Gasteiger partial charge in [-0.2, -0.15) is 0 Å². The molecule has 0 aromatic heterocycles. The third-order valence-corrected chi connectivity index (χ3v) is 6.05. The zero-order valence-electron chi connectivity index (χ0n) is 14.9. The van der Waals surface area contributed by atoms with Gasteiger partial charge in [0.05, 0.1) is 19.5 Å². The Morgan fingerprint density at radius 1 is 1.12 bits per heavy atom. The van der Waals surface area contributed by atoms with Gasteiger partial charge in [0, 0.05) is 12.1 Å². The Morgan fingerprint density at radius 2 is 1.96 bits per heavy atom. The highest BCUT2D eigenvalue weighted by Gasteiger charge is 2.33. The van der Waals surface area contributed by atoms with E-state index in [1.807, 2.05) is 0 Å². The van der Waals surface area contributed by atoms with Crippen molar-refractivity contribution in [2.45, 2.75) is 31.3 Å². The minimum atomic E-state index is 0.630. The molecule has 0 spiro atoms. The SMILES string of the molecule is COSCCOc1ccc2cc(C3=CC4CCC(C3)N4C)ccc2c1. The van der Waals surface area contributed by atoms with Gasteiger partial charge < -0.3 is 8.92 Å². The van der Waals surface area contributed by atoms with E-state index in [0.717, 1.165) is 17.5 Å². The molecule has 1 saturated heterocycles. The Bertz CT molecular complexity index is 789. The van der Waals surface area contributed by atoms with E-state index in [1.165, 1.54) is 53.2 Å². The molecular weight excluding hydrogens is 330 g/mol. The Labute approximate surface area is 154 Å². The van der Waals surface area contributed by atoms with E-state index in [0.29, 0.717) is 12.6 Å². The second kappa shape index (κ2) is 7.40. The van der Waals surface area contributed by atoms with E-state index in [-0.39, 0.29) is 0 Å². The van der Waals surface area contributed by atoms with Crippen LogP contribution in [0.2, 0.25) is 0 Å². The summed E-state index contributed by atoms with van der Waals surface area (Å²) in [6, 6.07) is 14.5. The van der Waals surface area contributed by atoms with Crippen molar-refractivity contribution in [2.24, 2.45) is 0 Å². The number of hydrogen-bond acceptors (Lipinski definition) is 4. The molecule has 2 heterocycles. The molecule has 0 radical (unpaired) electrons. The summed E-state index contributed by atoms with van der Waals surface area (Å²) in [5.74, 6) is 1.76. The molecule has 2 aliphatic heterocycles. The van der Waals surface area contributed by atoms with Gasteiger partial charge in [0.1, 0.15) is 5.75 Å². The highest BCUT2D eigenvalue weighted by molar-refractivity contribution is 7.94. The van der Waals surface area contributed by atoms with E-state index < -0.39 is 0 Å². The standard InChI is InChI=1S/C21H25NO2S/c1-22-19-6-7-20(22)13-18(12-19)16-3-4-17-14-21(8-5-15(17)11-16)24-9-10-25-23-2/h3-5,8,11-12,14,19-20H,6-7,9-10,13H2,1-2H3. The lowest BCUT2D eigenvalue weighted by Gasteiger charge is -2.30. The van der Waals surface area contributed by atoms with Gasteiger partial charge in [0.15, 0.2) is 0 Å². The topological polar surface area (TPSA) is 21.7 Å². The van der Waals surface area contributed by atoms with Crippen molar-refractivity contribution in [3.8, 4) is 5.75 Å². The van der Waals surface area contributed by atoms with Gasteiger partial charge in [-0.3, -0.25) is 4.90 Å². The molecular formula is C21H25NO2S. The van der Waals surface area contributed by atoms with Gasteiger partial charge >= 0.3 is 0 Å². The number of nitrogens with zero attached hydrogens (tertiary/aromatic N) is 1. The van der Waals surface area contributed by atoms with E-state index in [9.17, 15) is 0 Å². The van der Waals surface area contributed by atoms with Crippen LogP contribution in [0.3, 0.4) is 0 Å². The van der Waals surface area contributed by atoms with Crippen LogP contribution in [0, 0.1) is 0 Å². The zero-order chi connectivity index (χ0) is 17.2. The maximum absolute atomic E-state index is 5.79. The molecule has 2 bridgehead atoms. The summed E-state index contributed by atoms with van der Waals surface area (Å²) in [6.07, 6.45) is 6.30. The predicted octanol–water partition coefficient (Wildman–Crippen LogP) is 4.76. The van der Waals surface area contributed by atoms with Crippen LogP contribution in [0.15, 0.2) is 42.5 Å². The van der Waals surface area contributed by atoms with E-state index in [4.69, 9.17) is 8.92 Å². The lowest BCUT2D eigenvalue weighted by Crippen LogP contribution is -2.34. The number of likely N-dealkylation sites (N-methyl/N-ethyl adjacent to an activating group) is 1. The fourth-order valence-corrected chi connectivity index (χ4v) is 4.36. The predicted molar refractivity (Wildman–Crippen MR) is 106 cm³/mol. The Kier molecular flexibility index (Phi) is 5.02. The monoisotopic (exact) mass is 355 g/mol. The van der Waals surface area contributed by atoms with Crippen molar-refractivity contribution < 1.29 is 8.92 Å². The number of benzene rings is 2. The molecule has 2 atom stereocenters. The van der Waals surface area contributed by atoms with Gasteiger partial charge in [-0.05, 0) is 78.5 Å². The molecule has 4 rings (SSSR count). The Morgan fingerprint density at radius 3 is 2.80 bits per heavy atom. The van der Waals surface area contributed by atoms with Crippen molar-refractivity contribution in [3.63, 3.8) is 0 Å². The highest BCUT2D eigenvalue weighted by atomic mass is 32.2. The van der Waals surface area contributed by atoms with Crippen molar-refractivity contribution in [1.82, 2.24) is 4.90 Å². The highest BCUT2D eigenvalue weighted by Crippen LogP contribution is 2.38. The summed E-state index contributed by atoms with van der Waals surface area (Å²) in [5.41, 5.74) is 2.90. The summed E-state index contributed by atoms with van der Waals surface area (Å²) in [5, 5.41) is 2.51. The van der Waals surface area contributed by atoms with Crippen LogP contribution in [0.25, 0.3) is 16.3 Å². The minimum absolute atomic E-state index is 0.630. The molecule has 2 aromatic rings. The zero-order valence-corrected chi connectivity index (χ0v) is 15.7. The van der Waals surface area contributed by atoms with E-state index in [1.54, 1.807) is 7.11 Å². The van der Waals surface area contributed by atoms with Crippen LogP contribution >= 0.6 is 12.0 Å². The molecule has 2 aromatic carbocycles. The van der Waals surface area contributed by atoms with Crippen LogP contribution < -0.4 is 4.74 Å². The molecule has 2 unspecified atom stereocenters. The number of ether oxygens (including phenoxy) is 1. The second-order valence-electron chi connectivity index (χ2n) is 6.92. The molecule has 4 heteroatoms. The summed E-state index contributed by atoms with van der Waals surface area (Å²) in [7, 11) is 3.95. The molecule has 25 heavy (non-hydrogen) atoms. The first-order chi connectivity index (χ1) is 12.2. The average Bonchev–Trinajstić information content (AvgIpc) is 2.85. The van der Waals surface area contributed by atoms with Crippen molar-refractivity contribution in [3.05, 3.63) is 48.0 Å². The number of hydrogen-bond donors (Lipinski definition) is 0. The van der Waals surface area contributed by atoms with Crippen LogP contribution in [0.4, 0.5) is 0 Å². The maximum Gasteiger partial charge on any atom is 0.119 e. The third-order valence-electron chi connectivity index (χ3n) is 5.48. The summed E-state index contributed by atoms with van der Waals surface area (Å²) < 4.78 is 10.8. The first-order valence-corrected chi connectivity index (χ1v) is 9.91. The van der Waals surface area contributed by atoms with Gasteiger partial charge in [0.25, 0.3) is 0 Å². The smallest absolute Gasteiger partial charge is 0.119 e.